The number of aliphatic hydroxyl groups is 2. The summed E-state index contributed by atoms with van der Waals surface area (Å²) in [5, 5.41) is 22.6. The minimum atomic E-state index is -0.132. The second-order valence-electron chi connectivity index (χ2n) is 13.0. The molecule has 2 N–H and O–H groups in total. The van der Waals surface area contributed by atoms with E-state index in [1.807, 2.05) is 0 Å². The molecule has 0 amide bonds. The molecule has 4 nitrogen and oxygen atoms in total. The second kappa shape index (κ2) is 7.68. The van der Waals surface area contributed by atoms with Crippen molar-refractivity contribution in [2.75, 3.05) is 26.2 Å². The molecule has 6 aliphatic rings. The summed E-state index contributed by atoms with van der Waals surface area (Å²) >= 11 is 0. The maximum atomic E-state index is 11.5. The fourth-order valence-corrected chi connectivity index (χ4v) is 10.1. The molecule has 0 bridgehead atoms. The average molecular weight is 431 g/mol. The number of rotatable bonds is 2. The molecule has 31 heavy (non-hydrogen) atoms. The van der Waals surface area contributed by atoms with E-state index < -0.39 is 0 Å². The van der Waals surface area contributed by atoms with E-state index in [9.17, 15) is 10.2 Å². The molecule has 0 aromatic heterocycles. The van der Waals surface area contributed by atoms with Gasteiger partial charge in [0.05, 0.1) is 12.2 Å². The molecule has 2 saturated heterocycles. The lowest BCUT2D eigenvalue weighted by Crippen LogP contribution is -2.59. The van der Waals surface area contributed by atoms with Crippen molar-refractivity contribution in [3.8, 4) is 0 Å². The van der Waals surface area contributed by atoms with Crippen LogP contribution in [0.5, 0.6) is 0 Å². The van der Waals surface area contributed by atoms with Gasteiger partial charge in [-0.3, -0.25) is 9.80 Å². The third-order valence-electron chi connectivity index (χ3n) is 11.9. The van der Waals surface area contributed by atoms with Gasteiger partial charge in [-0.25, -0.2) is 0 Å². The van der Waals surface area contributed by atoms with Crippen LogP contribution in [0.3, 0.4) is 0 Å². The molecule has 3 unspecified atom stereocenters. The van der Waals surface area contributed by atoms with Gasteiger partial charge in [0.15, 0.2) is 0 Å². The Labute approximate surface area is 189 Å². The average Bonchev–Trinajstić information content (AvgIpc) is 3.50. The number of hydrogen-bond donors (Lipinski definition) is 2. The van der Waals surface area contributed by atoms with Crippen LogP contribution >= 0.6 is 0 Å². The molecule has 6 rings (SSSR count). The van der Waals surface area contributed by atoms with Crippen LogP contribution in [0.15, 0.2) is 0 Å². The highest BCUT2D eigenvalue weighted by Gasteiger charge is 2.63. The highest BCUT2D eigenvalue weighted by atomic mass is 16.3. The lowest BCUT2D eigenvalue weighted by atomic mass is 9.44. The maximum Gasteiger partial charge on any atom is 0.0751 e. The molecule has 4 saturated carbocycles. The van der Waals surface area contributed by atoms with E-state index in [-0.39, 0.29) is 17.6 Å². The highest BCUT2D eigenvalue weighted by Crippen LogP contribution is 2.66. The molecule has 4 heteroatoms. The first-order valence-corrected chi connectivity index (χ1v) is 13.8. The van der Waals surface area contributed by atoms with Crippen molar-refractivity contribution in [3.05, 3.63) is 0 Å². The van der Waals surface area contributed by atoms with Crippen LogP contribution < -0.4 is 0 Å². The zero-order valence-electron chi connectivity index (χ0n) is 20.0. The van der Waals surface area contributed by atoms with E-state index in [2.05, 4.69) is 23.6 Å². The zero-order chi connectivity index (χ0) is 21.4. The van der Waals surface area contributed by atoms with E-state index in [1.54, 1.807) is 0 Å². The number of aliphatic hydroxyl groups excluding tert-OH is 2. The van der Waals surface area contributed by atoms with Crippen LogP contribution in [-0.4, -0.2) is 70.5 Å². The predicted molar refractivity (Wildman–Crippen MR) is 124 cm³/mol. The molecule has 0 spiro atoms. The first kappa shape index (κ1) is 21.4. The summed E-state index contributed by atoms with van der Waals surface area (Å²) in [4.78, 5) is 5.27. The molecule has 0 aromatic carbocycles. The number of nitrogens with zero attached hydrogens (tertiary/aromatic N) is 2. The first-order chi connectivity index (χ1) is 14.9. The van der Waals surface area contributed by atoms with Gasteiger partial charge in [0.25, 0.3) is 0 Å². The normalized spacial score (nSPS) is 55.7. The molecule has 4 aliphatic carbocycles. The van der Waals surface area contributed by atoms with Gasteiger partial charge in [-0.2, -0.15) is 0 Å². The summed E-state index contributed by atoms with van der Waals surface area (Å²) in [6, 6.07) is 0.801. The minimum Gasteiger partial charge on any atom is -0.391 e. The van der Waals surface area contributed by atoms with Gasteiger partial charge in [-0.1, -0.05) is 13.8 Å². The van der Waals surface area contributed by atoms with Gasteiger partial charge >= 0.3 is 0 Å². The Bertz CT molecular complexity index is 674. The van der Waals surface area contributed by atoms with Crippen molar-refractivity contribution < 1.29 is 10.2 Å². The smallest absolute Gasteiger partial charge is 0.0751 e. The quantitative estimate of drug-likeness (QED) is 0.698. The summed E-state index contributed by atoms with van der Waals surface area (Å²) in [5.41, 5.74) is 0.508. The topological polar surface area (TPSA) is 46.9 Å². The standard InChI is InChI=1S/C27H46N2O2/c1-26-10-9-20-19(21(26)16-22(25(26)31)28-11-3-4-12-28)8-7-18-15-24(30)23(17-27(18,20)2)29-13-5-6-14-29/h18-25,30-31H,3-17H2,1-2H3/t18-,19?,20?,21?,22-,23-,24-,25-,26-,27-/m0/s1. The van der Waals surface area contributed by atoms with Gasteiger partial charge in [-0.15, -0.1) is 0 Å². The molecule has 0 aromatic rings. The van der Waals surface area contributed by atoms with Crippen molar-refractivity contribution in [1.29, 1.82) is 0 Å². The Hall–Kier alpha value is -0.160. The summed E-state index contributed by atoms with van der Waals surface area (Å²) in [6.45, 7) is 9.86. The Kier molecular flexibility index (Phi) is 5.30. The Morgan fingerprint density at radius 2 is 1.35 bits per heavy atom. The number of fused-ring (bicyclic) bond motifs is 5. The fourth-order valence-electron chi connectivity index (χ4n) is 10.1. The molecule has 10 atom stereocenters. The predicted octanol–water partition coefficient (Wildman–Crippen LogP) is 3.90. The van der Waals surface area contributed by atoms with E-state index in [0.717, 1.165) is 18.3 Å². The Balaban J connectivity index is 1.26. The first-order valence-electron chi connectivity index (χ1n) is 13.8. The van der Waals surface area contributed by atoms with E-state index in [1.165, 1.54) is 90.4 Å². The maximum absolute atomic E-state index is 11.5. The van der Waals surface area contributed by atoms with Gasteiger partial charge < -0.3 is 10.2 Å². The lowest BCUT2D eigenvalue weighted by molar-refractivity contribution is -0.152. The van der Waals surface area contributed by atoms with Crippen LogP contribution in [-0.2, 0) is 0 Å². The van der Waals surface area contributed by atoms with Crippen molar-refractivity contribution >= 4 is 0 Å². The second-order valence-corrected chi connectivity index (χ2v) is 13.0. The molecular formula is C27H46N2O2. The Morgan fingerprint density at radius 1 is 0.710 bits per heavy atom. The lowest BCUT2D eigenvalue weighted by Gasteiger charge is -2.62. The molecular weight excluding hydrogens is 384 g/mol. The van der Waals surface area contributed by atoms with Crippen LogP contribution in [0.2, 0.25) is 0 Å². The number of hydrogen-bond acceptors (Lipinski definition) is 4. The van der Waals surface area contributed by atoms with Crippen molar-refractivity contribution in [1.82, 2.24) is 9.80 Å². The highest BCUT2D eigenvalue weighted by molar-refractivity contribution is 5.14. The van der Waals surface area contributed by atoms with Crippen LogP contribution in [0.4, 0.5) is 0 Å². The Morgan fingerprint density at radius 3 is 2.03 bits per heavy atom. The van der Waals surface area contributed by atoms with Gasteiger partial charge in [0.1, 0.15) is 0 Å². The minimum absolute atomic E-state index is 0.116. The zero-order valence-corrected chi connectivity index (χ0v) is 20.0. The van der Waals surface area contributed by atoms with E-state index >= 15 is 0 Å². The molecule has 2 heterocycles. The van der Waals surface area contributed by atoms with Gasteiger partial charge in [0, 0.05) is 12.1 Å². The van der Waals surface area contributed by atoms with Gasteiger partial charge in [-0.05, 0) is 131 Å². The number of likely N-dealkylation sites (tertiary alicyclic amines) is 2. The fraction of sp³-hybridized carbons (Fsp3) is 1.00. The van der Waals surface area contributed by atoms with Gasteiger partial charge in [0.2, 0.25) is 0 Å². The molecule has 6 fully saturated rings. The monoisotopic (exact) mass is 430 g/mol. The largest absolute Gasteiger partial charge is 0.391 e. The van der Waals surface area contributed by atoms with E-state index in [4.69, 9.17) is 0 Å². The van der Waals surface area contributed by atoms with Crippen LogP contribution in [0, 0.1) is 34.5 Å². The molecule has 2 aliphatic heterocycles. The van der Waals surface area contributed by atoms with Crippen molar-refractivity contribution in [2.24, 2.45) is 34.5 Å². The summed E-state index contributed by atoms with van der Waals surface area (Å²) in [5.74, 6) is 2.98. The van der Waals surface area contributed by atoms with Crippen molar-refractivity contribution in [3.63, 3.8) is 0 Å². The SMILES string of the molecule is C[C@]12CCC3C(CC[C@H]4C[C@H](O)[C@@H](N5CCCC5)C[C@]34C)C1C[C@H](N1CCCC1)[C@@H]2O. The van der Waals surface area contributed by atoms with E-state index in [0.29, 0.717) is 29.3 Å². The molecule has 176 valence electrons. The third kappa shape index (κ3) is 3.14. The summed E-state index contributed by atoms with van der Waals surface area (Å²) < 4.78 is 0. The van der Waals surface area contributed by atoms with Crippen LogP contribution in [0.25, 0.3) is 0 Å². The van der Waals surface area contributed by atoms with Crippen molar-refractivity contribution in [2.45, 2.75) is 109 Å². The summed E-state index contributed by atoms with van der Waals surface area (Å²) in [6.07, 6.45) is 13.6. The molecule has 0 radical (unpaired) electrons. The third-order valence-corrected chi connectivity index (χ3v) is 11.9. The summed E-state index contributed by atoms with van der Waals surface area (Å²) in [7, 11) is 0. The van der Waals surface area contributed by atoms with Crippen LogP contribution in [0.1, 0.15) is 84.5 Å².